The molecule has 1 atom stereocenters. The molecule has 1 heterocycles. The van der Waals surface area contributed by atoms with Crippen molar-refractivity contribution >= 4 is 22.1 Å². The summed E-state index contributed by atoms with van der Waals surface area (Å²) in [5, 5.41) is 0. The molecule has 3 aromatic rings. The van der Waals surface area contributed by atoms with Crippen LogP contribution in [0.3, 0.4) is 0 Å². The summed E-state index contributed by atoms with van der Waals surface area (Å²) in [6.07, 6.45) is 4.22. The fourth-order valence-corrected chi connectivity index (χ4v) is 4.60. The van der Waals surface area contributed by atoms with Crippen molar-refractivity contribution in [1.29, 1.82) is 0 Å². The molecule has 3 rings (SSSR count). The van der Waals surface area contributed by atoms with Crippen LogP contribution in [0.4, 0.5) is 0 Å². The molecule has 9 heteroatoms. The minimum absolute atomic E-state index is 0.0352. The number of hydrogen-bond donors (Lipinski definition) is 1. The Labute approximate surface area is 192 Å². The molecule has 0 amide bonds. The minimum Gasteiger partial charge on any atom is -0.493 e. The fraction of sp³-hybridized carbons (Fsp3) is 0.167. The van der Waals surface area contributed by atoms with Gasteiger partial charge in [-0.05, 0) is 41.5 Å². The van der Waals surface area contributed by atoms with E-state index in [9.17, 15) is 13.2 Å². The van der Waals surface area contributed by atoms with Gasteiger partial charge in [0.2, 0.25) is 10.0 Å². The molecular formula is C24H24N2O6S. The zero-order valence-corrected chi connectivity index (χ0v) is 19.2. The second kappa shape index (κ2) is 10.8. The molecule has 0 saturated carbocycles. The summed E-state index contributed by atoms with van der Waals surface area (Å²) in [4.78, 5) is 15.7. The summed E-state index contributed by atoms with van der Waals surface area (Å²) < 4.78 is 45.2. The van der Waals surface area contributed by atoms with E-state index < -0.39 is 22.0 Å². The van der Waals surface area contributed by atoms with Gasteiger partial charge in [-0.3, -0.25) is 4.98 Å². The van der Waals surface area contributed by atoms with Crippen molar-refractivity contribution in [2.75, 3.05) is 21.3 Å². The van der Waals surface area contributed by atoms with Gasteiger partial charge in [0.25, 0.3) is 0 Å². The van der Waals surface area contributed by atoms with E-state index in [2.05, 4.69) is 14.4 Å². The second-order valence-electron chi connectivity index (χ2n) is 6.83. The molecule has 1 unspecified atom stereocenters. The third kappa shape index (κ3) is 5.76. The van der Waals surface area contributed by atoms with Crippen molar-refractivity contribution in [3.8, 4) is 11.5 Å². The number of nitrogens with one attached hydrogen (secondary N) is 1. The summed E-state index contributed by atoms with van der Waals surface area (Å²) >= 11 is 0. The van der Waals surface area contributed by atoms with Crippen LogP contribution >= 0.6 is 0 Å². The first kappa shape index (κ1) is 24.0. The first-order valence-electron chi connectivity index (χ1n) is 9.90. The van der Waals surface area contributed by atoms with Gasteiger partial charge < -0.3 is 14.2 Å². The van der Waals surface area contributed by atoms with Crippen molar-refractivity contribution in [2.45, 2.75) is 10.9 Å². The molecule has 1 N–H and O–H groups in total. The number of carbonyl (C=O) groups is 1. The summed E-state index contributed by atoms with van der Waals surface area (Å²) in [7, 11) is -0.136. The summed E-state index contributed by atoms with van der Waals surface area (Å²) in [5.41, 5.74) is 1.65. The number of benzene rings is 2. The number of pyridine rings is 1. The van der Waals surface area contributed by atoms with Gasteiger partial charge in [-0.15, -0.1) is 0 Å². The van der Waals surface area contributed by atoms with Crippen molar-refractivity contribution in [2.24, 2.45) is 0 Å². The highest BCUT2D eigenvalue weighted by Crippen LogP contribution is 2.37. The monoisotopic (exact) mass is 468 g/mol. The number of ether oxygens (including phenoxy) is 3. The van der Waals surface area contributed by atoms with Gasteiger partial charge in [0.05, 0.1) is 33.1 Å². The van der Waals surface area contributed by atoms with E-state index in [1.54, 1.807) is 30.5 Å². The summed E-state index contributed by atoms with van der Waals surface area (Å²) in [6.45, 7) is 0. The maximum absolute atomic E-state index is 13.6. The highest BCUT2D eigenvalue weighted by molar-refractivity contribution is 7.89. The van der Waals surface area contributed by atoms with Crippen LogP contribution < -0.4 is 14.2 Å². The zero-order chi connectivity index (χ0) is 23.8. The number of aromatic nitrogens is 1. The van der Waals surface area contributed by atoms with E-state index in [1.807, 2.05) is 30.3 Å². The van der Waals surface area contributed by atoms with Gasteiger partial charge in [0, 0.05) is 12.3 Å². The van der Waals surface area contributed by atoms with Crippen LogP contribution in [0.15, 0.2) is 77.8 Å². The van der Waals surface area contributed by atoms with Crippen LogP contribution in [-0.2, 0) is 19.6 Å². The van der Waals surface area contributed by atoms with E-state index in [4.69, 9.17) is 9.47 Å². The predicted molar refractivity (Wildman–Crippen MR) is 123 cm³/mol. The highest BCUT2D eigenvalue weighted by atomic mass is 32.2. The third-order valence-corrected chi connectivity index (χ3v) is 6.19. The van der Waals surface area contributed by atoms with Crippen LogP contribution in [0.2, 0.25) is 0 Å². The van der Waals surface area contributed by atoms with E-state index in [0.717, 1.165) is 0 Å². The van der Waals surface area contributed by atoms with Crippen LogP contribution in [0, 0.1) is 0 Å². The van der Waals surface area contributed by atoms with Gasteiger partial charge in [-0.1, -0.05) is 36.4 Å². The molecule has 0 saturated heterocycles. The van der Waals surface area contributed by atoms with Gasteiger partial charge in [-0.25, -0.2) is 13.2 Å². The Morgan fingerprint density at radius 2 is 1.73 bits per heavy atom. The maximum Gasteiger partial charge on any atom is 0.330 e. The van der Waals surface area contributed by atoms with E-state index >= 15 is 0 Å². The lowest BCUT2D eigenvalue weighted by atomic mass is 10.0. The van der Waals surface area contributed by atoms with E-state index in [0.29, 0.717) is 16.8 Å². The number of sulfonamides is 1. The molecule has 172 valence electrons. The normalized spacial score (nSPS) is 12.3. The highest BCUT2D eigenvalue weighted by Gasteiger charge is 2.28. The van der Waals surface area contributed by atoms with Crippen LogP contribution in [0.25, 0.3) is 6.08 Å². The van der Waals surface area contributed by atoms with Crippen LogP contribution in [-0.4, -0.2) is 40.7 Å². The first-order valence-corrected chi connectivity index (χ1v) is 11.4. The fourth-order valence-electron chi connectivity index (χ4n) is 3.19. The molecule has 0 radical (unpaired) electrons. The SMILES string of the molecule is COC(=O)/C=C/c1cc(OC)c(OC)c(S(=O)(=O)NC(c2ccccc2)c2ccccn2)c1. The predicted octanol–water partition coefficient (Wildman–Crippen LogP) is 3.35. The lowest BCUT2D eigenvalue weighted by Crippen LogP contribution is -2.30. The topological polar surface area (TPSA) is 104 Å². The minimum atomic E-state index is -4.14. The first-order chi connectivity index (χ1) is 15.9. The molecule has 0 aliphatic heterocycles. The average Bonchev–Trinajstić information content (AvgIpc) is 2.86. The molecule has 8 nitrogen and oxygen atoms in total. The van der Waals surface area contributed by atoms with E-state index in [-0.39, 0.29) is 16.4 Å². The number of hydrogen-bond acceptors (Lipinski definition) is 7. The van der Waals surface area contributed by atoms with Gasteiger partial charge in [0.15, 0.2) is 11.5 Å². The van der Waals surface area contributed by atoms with Crippen LogP contribution in [0.1, 0.15) is 22.9 Å². The van der Waals surface area contributed by atoms with Crippen molar-refractivity contribution in [3.05, 3.63) is 89.8 Å². The third-order valence-electron chi connectivity index (χ3n) is 4.76. The number of nitrogens with zero attached hydrogens (tertiary/aromatic N) is 1. The number of esters is 1. The molecule has 0 aliphatic rings. The van der Waals surface area contributed by atoms with Crippen molar-refractivity contribution in [1.82, 2.24) is 9.71 Å². The van der Waals surface area contributed by atoms with E-state index in [1.165, 1.54) is 39.5 Å². The molecule has 2 aromatic carbocycles. The lowest BCUT2D eigenvalue weighted by Gasteiger charge is -2.21. The summed E-state index contributed by atoms with van der Waals surface area (Å²) in [5.74, 6) is -0.348. The number of carbonyl (C=O) groups excluding carboxylic acids is 1. The molecule has 0 aliphatic carbocycles. The number of methoxy groups -OCH3 is 3. The Kier molecular flexibility index (Phi) is 7.81. The largest absolute Gasteiger partial charge is 0.493 e. The quantitative estimate of drug-likeness (QED) is 0.379. The summed E-state index contributed by atoms with van der Waals surface area (Å²) in [6, 6.07) is 16.6. The second-order valence-corrected chi connectivity index (χ2v) is 8.51. The van der Waals surface area contributed by atoms with Crippen LogP contribution in [0.5, 0.6) is 11.5 Å². The lowest BCUT2D eigenvalue weighted by molar-refractivity contribution is -0.134. The zero-order valence-electron chi connectivity index (χ0n) is 18.4. The Bertz CT molecular complexity index is 1190. The maximum atomic E-state index is 13.6. The Morgan fingerprint density at radius 1 is 1.00 bits per heavy atom. The molecule has 33 heavy (non-hydrogen) atoms. The Morgan fingerprint density at radius 3 is 2.33 bits per heavy atom. The number of rotatable bonds is 9. The smallest absolute Gasteiger partial charge is 0.330 e. The van der Waals surface area contributed by atoms with Crippen molar-refractivity contribution in [3.63, 3.8) is 0 Å². The Balaban J connectivity index is 2.11. The van der Waals surface area contributed by atoms with Crippen molar-refractivity contribution < 1.29 is 27.4 Å². The molecule has 1 aromatic heterocycles. The van der Waals surface area contributed by atoms with Gasteiger partial charge in [-0.2, -0.15) is 4.72 Å². The molecule has 0 fully saturated rings. The Hall–Kier alpha value is -3.69. The van der Waals surface area contributed by atoms with Gasteiger partial charge in [0.1, 0.15) is 4.90 Å². The van der Waals surface area contributed by atoms with Gasteiger partial charge >= 0.3 is 5.97 Å². The molecule has 0 spiro atoms. The molecular weight excluding hydrogens is 444 g/mol. The molecule has 0 bridgehead atoms. The standard InChI is InChI=1S/C24H24N2O6S/c1-30-20-15-17(12-13-22(27)31-2)16-21(24(20)32-3)33(28,29)26-23(18-9-5-4-6-10-18)19-11-7-8-14-25-19/h4-16,23,26H,1-3H3/b13-12+. The average molecular weight is 469 g/mol.